The van der Waals surface area contributed by atoms with Gasteiger partial charge in [-0.05, 0) is 25.7 Å². The van der Waals surface area contributed by atoms with Gasteiger partial charge in [0, 0.05) is 26.2 Å². The average Bonchev–Trinajstić information content (AvgIpc) is 2.98. The largest absolute Gasteiger partial charge is 0.481 e. The summed E-state index contributed by atoms with van der Waals surface area (Å²) >= 11 is 0. The van der Waals surface area contributed by atoms with Crippen LogP contribution in [-0.2, 0) is 9.59 Å². The molecule has 1 atom stereocenters. The number of aliphatic carboxylic acids is 1. The predicted molar refractivity (Wildman–Crippen MR) is 71.1 cm³/mol. The van der Waals surface area contributed by atoms with Crippen LogP contribution in [0.2, 0.25) is 0 Å². The van der Waals surface area contributed by atoms with Crippen molar-refractivity contribution in [1.29, 1.82) is 0 Å². The summed E-state index contributed by atoms with van der Waals surface area (Å²) in [5, 5.41) is 11.6. The van der Waals surface area contributed by atoms with E-state index in [-0.39, 0.29) is 25.0 Å². The number of hydrogen-bond acceptors (Lipinski definition) is 3. The number of carbonyl (C=O) groups is 3. The number of urea groups is 1. The quantitative estimate of drug-likeness (QED) is 0.769. The van der Waals surface area contributed by atoms with Crippen molar-refractivity contribution >= 4 is 17.9 Å². The predicted octanol–water partition coefficient (Wildman–Crippen LogP) is 0.115. The lowest BCUT2D eigenvalue weighted by Gasteiger charge is -2.30. The Morgan fingerprint density at radius 3 is 2.35 bits per heavy atom. The second kappa shape index (κ2) is 6.58. The molecule has 0 aliphatic carbocycles. The Morgan fingerprint density at radius 1 is 1.05 bits per heavy atom. The molecule has 0 radical (unpaired) electrons. The summed E-state index contributed by atoms with van der Waals surface area (Å²) in [6, 6.07) is -0.344. The third-order valence-corrected chi connectivity index (χ3v) is 3.91. The van der Waals surface area contributed by atoms with Crippen LogP contribution in [0.15, 0.2) is 0 Å². The molecule has 7 heteroatoms. The van der Waals surface area contributed by atoms with Crippen LogP contribution in [0.25, 0.3) is 0 Å². The third kappa shape index (κ3) is 3.61. The van der Waals surface area contributed by atoms with Crippen LogP contribution >= 0.6 is 0 Å². The molecule has 2 aliphatic heterocycles. The van der Waals surface area contributed by atoms with Gasteiger partial charge in [-0.15, -0.1) is 0 Å². The van der Waals surface area contributed by atoms with Gasteiger partial charge in [-0.3, -0.25) is 9.59 Å². The minimum atomic E-state index is -0.865. The molecule has 0 aromatic carbocycles. The lowest BCUT2D eigenvalue weighted by atomic mass is 9.99. The maximum atomic E-state index is 11.9. The number of carboxylic acids is 1. The van der Waals surface area contributed by atoms with E-state index in [0.717, 1.165) is 25.9 Å². The van der Waals surface area contributed by atoms with E-state index in [1.54, 1.807) is 4.90 Å². The van der Waals surface area contributed by atoms with Gasteiger partial charge in [-0.2, -0.15) is 0 Å². The average molecular weight is 283 g/mol. The molecule has 2 fully saturated rings. The Morgan fingerprint density at radius 2 is 1.70 bits per heavy atom. The van der Waals surface area contributed by atoms with Crippen LogP contribution in [0.3, 0.4) is 0 Å². The van der Waals surface area contributed by atoms with E-state index in [1.807, 2.05) is 0 Å². The van der Waals surface area contributed by atoms with E-state index >= 15 is 0 Å². The molecule has 0 aromatic rings. The first kappa shape index (κ1) is 14.6. The SMILES string of the molecule is O=C(O)[C@H]1CCCN(C(=O)NCC(=O)N2CCCC2)C1. The zero-order valence-electron chi connectivity index (χ0n) is 11.5. The molecule has 0 spiro atoms. The lowest BCUT2D eigenvalue weighted by Crippen LogP contribution is -2.49. The second-order valence-corrected chi connectivity index (χ2v) is 5.37. The van der Waals surface area contributed by atoms with Crippen molar-refractivity contribution in [2.75, 3.05) is 32.7 Å². The van der Waals surface area contributed by atoms with Crippen LogP contribution in [-0.4, -0.2) is 65.5 Å². The van der Waals surface area contributed by atoms with Gasteiger partial charge < -0.3 is 20.2 Å². The Bertz CT molecular complexity index is 393. The highest BCUT2D eigenvalue weighted by molar-refractivity contribution is 5.84. The number of piperidine rings is 1. The van der Waals surface area contributed by atoms with Gasteiger partial charge in [0.15, 0.2) is 0 Å². The van der Waals surface area contributed by atoms with Crippen molar-refractivity contribution in [3.05, 3.63) is 0 Å². The molecule has 2 N–H and O–H groups in total. The molecule has 3 amide bonds. The molecule has 20 heavy (non-hydrogen) atoms. The zero-order chi connectivity index (χ0) is 14.5. The van der Waals surface area contributed by atoms with Crippen LogP contribution in [0.5, 0.6) is 0 Å². The fourth-order valence-electron chi connectivity index (χ4n) is 2.70. The maximum absolute atomic E-state index is 11.9. The molecule has 7 nitrogen and oxygen atoms in total. The minimum Gasteiger partial charge on any atom is -0.481 e. The van der Waals surface area contributed by atoms with E-state index in [9.17, 15) is 14.4 Å². The van der Waals surface area contributed by atoms with Gasteiger partial charge in [0.05, 0.1) is 12.5 Å². The number of rotatable bonds is 3. The second-order valence-electron chi connectivity index (χ2n) is 5.37. The number of nitrogens with one attached hydrogen (secondary N) is 1. The number of nitrogens with zero attached hydrogens (tertiary/aromatic N) is 2. The highest BCUT2D eigenvalue weighted by Crippen LogP contribution is 2.16. The highest BCUT2D eigenvalue weighted by Gasteiger charge is 2.28. The summed E-state index contributed by atoms with van der Waals surface area (Å²) in [7, 11) is 0. The zero-order valence-corrected chi connectivity index (χ0v) is 11.5. The molecular weight excluding hydrogens is 262 g/mol. The van der Waals surface area contributed by atoms with Gasteiger partial charge in [-0.25, -0.2) is 4.79 Å². The fraction of sp³-hybridized carbons (Fsp3) is 0.769. The van der Waals surface area contributed by atoms with Gasteiger partial charge >= 0.3 is 12.0 Å². The van der Waals surface area contributed by atoms with Crippen molar-refractivity contribution in [3.8, 4) is 0 Å². The van der Waals surface area contributed by atoms with E-state index in [2.05, 4.69) is 5.32 Å². The third-order valence-electron chi connectivity index (χ3n) is 3.91. The molecule has 0 unspecified atom stereocenters. The molecule has 112 valence electrons. The lowest BCUT2D eigenvalue weighted by molar-refractivity contribution is -0.143. The number of amides is 3. The monoisotopic (exact) mass is 283 g/mol. The smallest absolute Gasteiger partial charge is 0.317 e. The first-order valence-electron chi connectivity index (χ1n) is 7.11. The van der Waals surface area contributed by atoms with Crippen molar-refractivity contribution in [2.24, 2.45) is 5.92 Å². The molecule has 0 bridgehead atoms. The summed E-state index contributed by atoms with van der Waals surface area (Å²) < 4.78 is 0. The topological polar surface area (TPSA) is 90.0 Å². The van der Waals surface area contributed by atoms with Crippen LogP contribution < -0.4 is 5.32 Å². The molecule has 2 heterocycles. The van der Waals surface area contributed by atoms with Gasteiger partial charge in [0.25, 0.3) is 0 Å². The summed E-state index contributed by atoms with van der Waals surface area (Å²) in [5.74, 6) is -1.43. The van der Waals surface area contributed by atoms with Crippen LogP contribution in [0.4, 0.5) is 4.79 Å². The summed E-state index contributed by atoms with van der Waals surface area (Å²) in [4.78, 5) is 37.9. The van der Waals surface area contributed by atoms with E-state index in [4.69, 9.17) is 5.11 Å². The molecule has 0 saturated carbocycles. The van der Waals surface area contributed by atoms with Crippen molar-refractivity contribution in [1.82, 2.24) is 15.1 Å². The minimum absolute atomic E-state index is 0.00687. The fourth-order valence-corrected chi connectivity index (χ4v) is 2.70. The molecular formula is C13H21N3O4. The maximum Gasteiger partial charge on any atom is 0.317 e. The molecule has 2 saturated heterocycles. The van der Waals surface area contributed by atoms with E-state index in [0.29, 0.717) is 19.4 Å². The first-order valence-corrected chi connectivity index (χ1v) is 7.11. The number of carbonyl (C=O) groups excluding carboxylic acids is 2. The van der Waals surface area contributed by atoms with Crippen molar-refractivity contribution < 1.29 is 19.5 Å². The van der Waals surface area contributed by atoms with Crippen molar-refractivity contribution in [3.63, 3.8) is 0 Å². The Labute approximate surface area is 117 Å². The van der Waals surface area contributed by atoms with E-state index in [1.165, 1.54) is 4.90 Å². The number of hydrogen-bond donors (Lipinski definition) is 2. The van der Waals surface area contributed by atoms with Gasteiger partial charge in [0.1, 0.15) is 0 Å². The summed E-state index contributed by atoms with van der Waals surface area (Å²) in [6.07, 6.45) is 3.33. The van der Waals surface area contributed by atoms with Gasteiger partial charge in [-0.1, -0.05) is 0 Å². The summed E-state index contributed by atoms with van der Waals surface area (Å²) in [6.45, 7) is 2.29. The number of carboxylic acid groups (broad SMARTS) is 1. The Kier molecular flexibility index (Phi) is 4.81. The Balaban J connectivity index is 1.76. The molecule has 2 rings (SSSR count). The van der Waals surface area contributed by atoms with Crippen molar-refractivity contribution in [2.45, 2.75) is 25.7 Å². The normalized spacial score (nSPS) is 22.7. The van der Waals surface area contributed by atoms with Crippen LogP contribution in [0.1, 0.15) is 25.7 Å². The van der Waals surface area contributed by atoms with Gasteiger partial charge in [0.2, 0.25) is 5.91 Å². The first-order chi connectivity index (χ1) is 9.58. The highest BCUT2D eigenvalue weighted by atomic mass is 16.4. The standard InChI is InChI=1S/C13H21N3O4/c17-11(15-5-1-2-6-15)8-14-13(20)16-7-3-4-10(9-16)12(18)19/h10H,1-9H2,(H,14,20)(H,18,19)/t10-/m0/s1. The summed E-state index contributed by atoms with van der Waals surface area (Å²) in [5.41, 5.74) is 0. The number of likely N-dealkylation sites (tertiary alicyclic amines) is 2. The molecule has 0 aromatic heterocycles. The Hall–Kier alpha value is -1.79. The van der Waals surface area contributed by atoms with Crippen LogP contribution in [0, 0.1) is 5.92 Å². The molecule has 2 aliphatic rings. The van der Waals surface area contributed by atoms with E-state index < -0.39 is 11.9 Å².